The summed E-state index contributed by atoms with van der Waals surface area (Å²) in [6.07, 6.45) is 10.4. The van der Waals surface area contributed by atoms with Crippen molar-refractivity contribution in [3.63, 3.8) is 0 Å². The molecule has 0 bridgehead atoms. The SMILES string of the molecule is Brc1ccc(Br)c(-c2nc3ccccc3s2)c1.OB(O)c1cccnc1.c1cncc(-c2ccc(-c3cccnc3)c(-c3nc4ccccc4s3)c2)c1. The summed E-state index contributed by atoms with van der Waals surface area (Å²) in [4.78, 5) is 21.8. The number of fused-ring (bicyclic) bond motifs is 2. The summed E-state index contributed by atoms with van der Waals surface area (Å²) in [7, 11) is -1.40. The van der Waals surface area contributed by atoms with Crippen molar-refractivity contribution in [1.82, 2.24) is 24.9 Å². The first-order valence-corrected chi connectivity index (χ1v) is 19.5. The third-order valence-electron chi connectivity index (χ3n) is 7.95. The van der Waals surface area contributed by atoms with Crippen molar-refractivity contribution in [2.45, 2.75) is 0 Å². The van der Waals surface area contributed by atoms with Crippen LogP contribution in [0.5, 0.6) is 0 Å². The van der Waals surface area contributed by atoms with Crippen LogP contribution >= 0.6 is 54.5 Å². The van der Waals surface area contributed by atoms with Gasteiger partial charge in [0.25, 0.3) is 0 Å². The molecule has 0 atom stereocenters. The maximum atomic E-state index is 8.54. The van der Waals surface area contributed by atoms with Crippen LogP contribution in [0.1, 0.15) is 0 Å². The maximum absolute atomic E-state index is 8.54. The quantitative estimate of drug-likeness (QED) is 0.166. The van der Waals surface area contributed by atoms with E-state index in [-0.39, 0.29) is 0 Å². The Morgan fingerprint density at radius 1 is 0.491 bits per heavy atom. The standard InChI is InChI=1S/C23H15N3S.C13H7Br2NS.C5H6BNO2/c1-2-8-22-21(7-1)26-23(27-22)20-13-16(17-5-3-11-24-14-17)9-10-19(20)18-6-4-12-25-15-18;14-8-5-6-10(15)9(7-8)13-16-11-3-1-2-4-12(11)17-13;8-6(9)5-2-1-3-7-4-5/h1-15H;1-7H;1-4,8-9H. The molecule has 0 saturated heterocycles. The van der Waals surface area contributed by atoms with Crippen LogP contribution in [0.4, 0.5) is 0 Å². The van der Waals surface area contributed by atoms with Crippen LogP contribution < -0.4 is 5.46 Å². The van der Waals surface area contributed by atoms with E-state index in [1.807, 2.05) is 60.9 Å². The molecule has 0 aliphatic rings. The largest absolute Gasteiger partial charge is 0.490 e. The zero-order chi connectivity index (χ0) is 36.6. The van der Waals surface area contributed by atoms with E-state index in [4.69, 9.17) is 15.0 Å². The minimum atomic E-state index is -1.40. The molecule has 12 heteroatoms. The summed E-state index contributed by atoms with van der Waals surface area (Å²) in [6.45, 7) is 0. The Labute approximate surface area is 331 Å². The second-order valence-electron chi connectivity index (χ2n) is 11.5. The molecule has 2 N–H and O–H groups in total. The van der Waals surface area contributed by atoms with Crippen LogP contribution in [0.15, 0.2) is 167 Å². The van der Waals surface area contributed by atoms with Gasteiger partial charge in [-0.15, -0.1) is 22.7 Å². The van der Waals surface area contributed by atoms with Gasteiger partial charge in [-0.05, 0) is 77.9 Å². The predicted molar refractivity (Wildman–Crippen MR) is 226 cm³/mol. The van der Waals surface area contributed by atoms with Crippen LogP contribution in [0.3, 0.4) is 0 Å². The molecule has 0 fully saturated rings. The third kappa shape index (κ3) is 8.99. The van der Waals surface area contributed by atoms with E-state index >= 15 is 0 Å². The Balaban J connectivity index is 0.000000142. The summed E-state index contributed by atoms with van der Waals surface area (Å²) < 4.78 is 4.54. The summed E-state index contributed by atoms with van der Waals surface area (Å²) in [5.74, 6) is 0. The first kappa shape index (κ1) is 36.4. The van der Waals surface area contributed by atoms with Crippen molar-refractivity contribution in [2.24, 2.45) is 0 Å². The van der Waals surface area contributed by atoms with E-state index < -0.39 is 7.12 Å². The van der Waals surface area contributed by atoms with E-state index in [0.29, 0.717) is 5.46 Å². The van der Waals surface area contributed by atoms with Crippen molar-refractivity contribution in [3.05, 3.63) is 167 Å². The number of halogens is 2. The molecule has 7 nitrogen and oxygen atoms in total. The molecular weight excluding hydrogens is 829 g/mol. The number of rotatable bonds is 5. The lowest BCUT2D eigenvalue weighted by atomic mass is 9.82. The molecule has 0 saturated carbocycles. The van der Waals surface area contributed by atoms with Gasteiger partial charge in [-0.3, -0.25) is 15.0 Å². The van der Waals surface area contributed by atoms with Gasteiger partial charge in [0.05, 0.1) is 20.4 Å². The Morgan fingerprint density at radius 3 is 1.62 bits per heavy atom. The second kappa shape index (κ2) is 17.3. The Bertz CT molecular complexity index is 2530. The minimum Gasteiger partial charge on any atom is -0.423 e. The molecular formula is C41H28BBr2N5O2S2. The number of para-hydroxylation sites is 2. The van der Waals surface area contributed by atoms with Gasteiger partial charge in [0.1, 0.15) is 10.0 Å². The first-order chi connectivity index (χ1) is 25.9. The number of pyridine rings is 3. The summed E-state index contributed by atoms with van der Waals surface area (Å²) in [5.41, 5.74) is 9.19. The fourth-order valence-electron chi connectivity index (χ4n) is 5.37. The molecule has 53 heavy (non-hydrogen) atoms. The molecule has 5 aromatic heterocycles. The van der Waals surface area contributed by atoms with Crippen molar-refractivity contribution >= 4 is 87.5 Å². The van der Waals surface area contributed by atoms with Crippen LogP contribution in [0.2, 0.25) is 0 Å². The Kier molecular flexibility index (Phi) is 11.9. The predicted octanol–water partition coefficient (Wildman–Crippen LogP) is 10.3. The molecule has 258 valence electrons. The van der Waals surface area contributed by atoms with Crippen LogP contribution in [-0.4, -0.2) is 42.1 Å². The highest BCUT2D eigenvalue weighted by Crippen LogP contribution is 2.39. The molecule has 0 unspecified atom stereocenters. The van der Waals surface area contributed by atoms with Crippen molar-refractivity contribution in [3.8, 4) is 43.4 Å². The highest BCUT2D eigenvalue weighted by Gasteiger charge is 2.14. The normalized spacial score (nSPS) is 10.6. The highest BCUT2D eigenvalue weighted by atomic mass is 79.9. The van der Waals surface area contributed by atoms with Gasteiger partial charge in [-0.1, -0.05) is 86.5 Å². The number of hydrogen-bond acceptors (Lipinski definition) is 9. The van der Waals surface area contributed by atoms with Crippen LogP contribution in [0.25, 0.3) is 63.8 Å². The molecule has 0 spiro atoms. The fraction of sp³-hybridized carbons (Fsp3) is 0. The van der Waals surface area contributed by atoms with Crippen LogP contribution in [0, 0.1) is 0 Å². The zero-order valence-corrected chi connectivity index (χ0v) is 32.6. The average molecular weight is 857 g/mol. The van der Waals surface area contributed by atoms with Gasteiger partial charge in [-0.25, -0.2) is 9.97 Å². The molecule has 9 aromatic rings. The fourth-order valence-corrected chi connectivity index (χ4v) is 8.29. The Morgan fingerprint density at radius 2 is 1.08 bits per heavy atom. The van der Waals surface area contributed by atoms with E-state index in [2.05, 4.69) is 112 Å². The van der Waals surface area contributed by atoms with Gasteiger partial charge in [-0.2, -0.15) is 0 Å². The average Bonchev–Trinajstić information content (AvgIpc) is 3.85. The Hall–Kier alpha value is -4.95. The van der Waals surface area contributed by atoms with Gasteiger partial charge in [0, 0.05) is 73.8 Å². The lowest BCUT2D eigenvalue weighted by Gasteiger charge is -2.10. The zero-order valence-electron chi connectivity index (χ0n) is 27.8. The van der Waals surface area contributed by atoms with E-state index in [1.54, 1.807) is 53.4 Å². The molecule has 9 rings (SSSR count). The van der Waals surface area contributed by atoms with Gasteiger partial charge >= 0.3 is 7.12 Å². The van der Waals surface area contributed by atoms with E-state index in [0.717, 1.165) is 63.4 Å². The summed E-state index contributed by atoms with van der Waals surface area (Å²) >= 11 is 10.5. The smallest absolute Gasteiger partial charge is 0.423 e. The van der Waals surface area contributed by atoms with E-state index in [9.17, 15) is 0 Å². The van der Waals surface area contributed by atoms with Gasteiger partial charge < -0.3 is 10.0 Å². The van der Waals surface area contributed by atoms with Crippen molar-refractivity contribution < 1.29 is 10.0 Å². The summed E-state index contributed by atoms with van der Waals surface area (Å²) in [5, 5.41) is 19.1. The van der Waals surface area contributed by atoms with E-state index in [1.165, 1.54) is 15.6 Å². The second-order valence-corrected chi connectivity index (χ2v) is 15.3. The molecule has 0 aliphatic carbocycles. The van der Waals surface area contributed by atoms with Crippen molar-refractivity contribution in [1.29, 1.82) is 0 Å². The third-order valence-corrected chi connectivity index (χ3v) is 11.3. The van der Waals surface area contributed by atoms with Gasteiger partial charge in [0.2, 0.25) is 0 Å². The highest BCUT2D eigenvalue weighted by molar-refractivity contribution is 9.11. The molecule has 4 aromatic carbocycles. The maximum Gasteiger partial charge on any atom is 0.490 e. The molecule has 0 radical (unpaired) electrons. The molecule has 0 amide bonds. The topological polar surface area (TPSA) is 105 Å². The van der Waals surface area contributed by atoms with Gasteiger partial charge in [0.15, 0.2) is 0 Å². The monoisotopic (exact) mass is 855 g/mol. The number of aromatic nitrogens is 5. The minimum absolute atomic E-state index is 0.414. The number of nitrogens with zero attached hydrogens (tertiary/aromatic N) is 5. The lowest BCUT2D eigenvalue weighted by Crippen LogP contribution is -2.29. The number of thiazole rings is 2. The van der Waals surface area contributed by atoms with Crippen LogP contribution in [-0.2, 0) is 0 Å². The first-order valence-electron chi connectivity index (χ1n) is 16.3. The number of hydrogen-bond donors (Lipinski definition) is 2. The lowest BCUT2D eigenvalue weighted by molar-refractivity contribution is 0.425. The molecule has 5 heterocycles. The number of benzene rings is 4. The summed E-state index contributed by atoms with van der Waals surface area (Å²) in [6, 6.07) is 40.4. The van der Waals surface area contributed by atoms with Crippen molar-refractivity contribution in [2.75, 3.05) is 0 Å². The molecule has 0 aliphatic heterocycles.